The van der Waals surface area contributed by atoms with Gasteiger partial charge < -0.3 is 4.74 Å². The highest BCUT2D eigenvalue weighted by Gasteiger charge is 2.09. The van der Waals surface area contributed by atoms with Crippen molar-refractivity contribution in [1.29, 1.82) is 0 Å². The fourth-order valence-corrected chi connectivity index (χ4v) is 3.05. The number of thioether (sulfide) groups is 1. The number of nitrogens with zero attached hydrogens (tertiary/aromatic N) is 4. The van der Waals surface area contributed by atoms with Crippen LogP contribution in [0.1, 0.15) is 11.4 Å². The Hall–Kier alpha value is -1.79. The van der Waals surface area contributed by atoms with Gasteiger partial charge in [-0.25, -0.2) is 4.98 Å². The lowest BCUT2D eigenvalue weighted by Gasteiger charge is -2.06. The smallest absolute Gasteiger partial charge is 0.256 e. The molecule has 0 saturated heterocycles. The Balaban J connectivity index is 1.61. The minimum atomic E-state index is 0.583. The largest absolute Gasteiger partial charge is 0.493 e. The summed E-state index contributed by atoms with van der Waals surface area (Å²) < 4.78 is 7.63. The summed E-state index contributed by atoms with van der Waals surface area (Å²) in [7, 11) is 0. The Labute approximate surface area is 137 Å². The third-order valence-corrected chi connectivity index (χ3v) is 4.21. The minimum absolute atomic E-state index is 0.583. The van der Waals surface area contributed by atoms with Crippen molar-refractivity contribution in [1.82, 2.24) is 19.6 Å². The van der Waals surface area contributed by atoms with E-state index in [1.165, 1.54) is 0 Å². The fourth-order valence-electron chi connectivity index (χ4n) is 2.12. The van der Waals surface area contributed by atoms with Crippen LogP contribution in [0.4, 0.5) is 0 Å². The average molecular weight is 335 g/mol. The van der Waals surface area contributed by atoms with Crippen LogP contribution in [0.15, 0.2) is 35.5 Å². The lowest BCUT2D eigenvalue weighted by molar-refractivity contribution is 0.344. The van der Waals surface area contributed by atoms with Gasteiger partial charge in [0, 0.05) is 22.2 Å². The molecule has 0 radical (unpaired) electrons. The van der Waals surface area contributed by atoms with E-state index in [2.05, 4.69) is 15.2 Å². The first kappa shape index (κ1) is 15.1. The van der Waals surface area contributed by atoms with Crippen LogP contribution in [0, 0.1) is 13.8 Å². The van der Waals surface area contributed by atoms with Gasteiger partial charge in [0.15, 0.2) is 5.16 Å². The van der Waals surface area contributed by atoms with Crippen molar-refractivity contribution in [3.05, 3.63) is 46.7 Å². The summed E-state index contributed by atoms with van der Waals surface area (Å²) in [5, 5.41) is 9.84. The summed E-state index contributed by atoms with van der Waals surface area (Å²) in [4.78, 5) is 4.37. The first-order valence-electron chi connectivity index (χ1n) is 6.84. The highest BCUT2D eigenvalue weighted by atomic mass is 35.5. The summed E-state index contributed by atoms with van der Waals surface area (Å²) in [6, 6.07) is 9.36. The van der Waals surface area contributed by atoms with E-state index < -0.39 is 0 Å². The molecule has 0 fully saturated rings. The Morgan fingerprint density at radius 3 is 2.73 bits per heavy atom. The zero-order valence-corrected chi connectivity index (χ0v) is 13.9. The molecule has 5 nitrogen and oxygen atoms in total. The van der Waals surface area contributed by atoms with E-state index in [0.29, 0.717) is 17.4 Å². The lowest BCUT2D eigenvalue weighted by Crippen LogP contribution is -2.02. The van der Waals surface area contributed by atoms with Crippen LogP contribution < -0.4 is 4.74 Å². The molecule has 22 heavy (non-hydrogen) atoms. The van der Waals surface area contributed by atoms with Gasteiger partial charge in [0.2, 0.25) is 0 Å². The molecule has 7 heteroatoms. The predicted molar refractivity (Wildman–Crippen MR) is 87.9 cm³/mol. The van der Waals surface area contributed by atoms with Crippen LogP contribution in [-0.2, 0) is 0 Å². The van der Waals surface area contributed by atoms with Crippen molar-refractivity contribution in [2.24, 2.45) is 0 Å². The van der Waals surface area contributed by atoms with E-state index in [1.54, 1.807) is 11.8 Å². The number of fused-ring (bicyclic) bond motifs is 1. The SMILES string of the molecule is Cc1cc(C)n2c(SCCOc3ccc(Cl)cc3)nnc2n1. The van der Waals surface area contributed by atoms with Crippen LogP contribution in [0.5, 0.6) is 5.75 Å². The predicted octanol–water partition coefficient (Wildman–Crippen LogP) is 3.57. The van der Waals surface area contributed by atoms with Crippen molar-refractivity contribution in [3.63, 3.8) is 0 Å². The van der Waals surface area contributed by atoms with Gasteiger partial charge in [0.25, 0.3) is 5.78 Å². The molecule has 2 heterocycles. The molecule has 3 rings (SSSR count). The Morgan fingerprint density at radius 2 is 1.95 bits per heavy atom. The van der Waals surface area contributed by atoms with Gasteiger partial charge in [-0.3, -0.25) is 4.40 Å². The molecule has 114 valence electrons. The molecule has 0 aliphatic heterocycles. The van der Waals surface area contributed by atoms with E-state index in [1.807, 2.05) is 48.6 Å². The maximum atomic E-state index is 5.84. The van der Waals surface area contributed by atoms with Gasteiger partial charge in [-0.05, 0) is 44.2 Å². The number of benzene rings is 1. The molecule has 0 aliphatic rings. The molecule has 0 N–H and O–H groups in total. The third kappa shape index (κ3) is 3.34. The second kappa shape index (κ2) is 6.54. The van der Waals surface area contributed by atoms with Crippen LogP contribution in [0.25, 0.3) is 5.78 Å². The van der Waals surface area contributed by atoms with Crippen molar-refractivity contribution < 1.29 is 4.74 Å². The van der Waals surface area contributed by atoms with Crippen molar-refractivity contribution in [3.8, 4) is 5.75 Å². The van der Waals surface area contributed by atoms with Gasteiger partial charge in [-0.1, -0.05) is 23.4 Å². The van der Waals surface area contributed by atoms with Crippen molar-refractivity contribution >= 4 is 29.1 Å². The van der Waals surface area contributed by atoms with Crippen LogP contribution in [-0.4, -0.2) is 31.9 Å². The number of aromatic nitrogens is 4. The summed E-state index contributed by atoms with van der Waals surface area (Å²) in [5.74, 6) is 2.22. The van der Waals surface area contributed by atoms with Crippen molar-refractivity contribution in [2.75, 3.05) is 12.4 Å². The average Bonchev–Trinajstić information content (AvgIpc) is 2.88. The van der Waals surface area contributed by atoms with Gasteiger partial charge >= 0.3 is 0 Å². The maximum Gasteiger partial charge on any atom is 0.256 e. The number of halogens is 1. The second-order valence-electron chi connectivity index (χ2n) is 4.81. The highest BCUT2D eigenvalue weighted by Crippen LogP contribution is 2.19. The Kier molecular flexibility index (Phi) is 4.49. The zero-order valence-electron chi connectivity index (χ0n) is 12.3. The van der Waals surface area contributed by atoms with E-state index in [-0.39, 0.29) is 0 Å². The first-order valence-corrected chi connectivity index (χ1v) is 8.20. The standard InChI is InChI=1S/C15H15ClN4OS/c1-10-9-11(2)20-14(17-10)18-19-15(20)22-8-7-21-13-5-3-12(16)4-6-13/h3-6,9H,7-8H2,1-2H3. The molecule has 0 aliphatic carbocycles. The van der Waals surface area contributed by atoms with Gasteiger partial charge in [-0.2, -0.15) is 0 Å². The van der Waals surface area contributed by atoms with Crippen LogP contribution >= 0.6 is 23.4 Å². The number of hydrogen-bond acceptors (Lipinski definition) is 5. The molecule has 1 aromatic carbocycles. The van der Waals surface area contributed by atoms with Crippen LogP contribution in [0.2, 0.25) is 5.02 Å². The minimum Gasteiger partial charge on any atom is -0.493 e. The normalized spacial score (nSPS) is 11.0. The number of hydrogen-bond donors (Lipinski definition) is 0. The van der Waals surface area contributed by atoms with Gasteiger partial charge in [0.05, 0.1) is 6.61 Å². The van der Waals surface area contributed by atoms with E-state index >= 15 is 0 Å². The molecular formula is C15H15ClN4OS. The monoisotopic (exact) mass is 334 g/mol. The number of aryl methyl sites for hydroxylation is 2. The first-order chi connectivity index (χ1) is 10.6. The van der Waals surface area contributed by atoms with E-state index in [9.17, 15) is 0 Å². The summed E-state index contributed by atoms with van der Waals surface area (Å²) in [6.07, 6.45) is 0. The molecule has 0 unspecified atom stereocenters. The molecule has 0 saturated carbocycles. The van der Waals surface area contributed by atoms with Gasteiger partial charge in [0.1, 0.15) is 5.75 Å². The zero-order chi connectivity index (χ0) is 15.5. The molecule has 0 bridgehead atoms. The molecule has 0 atom stereocenters. The Morgan fingerprint density at radius 1 is 1.18 bits per heavy atom. The summed E-state index contributed by atoms with van der Waals surface area (Å²) in [5.41, 5.74) is 2.02. The van der Waals surface area contributed by atoms with Gasteiger partial charge in [-0.15, -0.1) is 10.2 Å². The third-order valence-electron chi connectivity index (χ3n) is 3.06. The van der Waals surface area contributed by atoms with E-state index in [4.69, 9.17) is 16.3 Å². The molecule has 0 spiro atoms. The van der Waals surface area contributed by atoms with Crippen molar-refractivity contribution in [2.45, 2.75) is 19.0 Å². The molecule has 3 aromatic rings. The number of ether oxygens (including phenoxy) is 1. The van der Waals surface area contributed by atoms with E-state index in [0.717, 1.165) is 28.0 Å². The fraction of sp³-hybridized carbons (Fsp3) is 0.267. The maximum absolute atomic E-state index is 5.84. The van der Waals surface area contributed by atoms with Crippen LogP contribution in [0.3, 0.4) is 0 Å². The highest BCUT2D eigenvalue weighted by molar-refractivity contribution is 7.99. The number of rotatable bonds is 5. The summed E-state index contributed by atoms with van der Waals surface area (Å²) in [6.45, 7) is 4.56. The Bertz CT molecular complexity index is 788. The lowest BCUT2D eigenvalue weighted by atomic mass is 10.3. The quantitative estimate of drug-likeness (QED) is 0.527. The molecule has 2 aromatic heterocycles. The topological polar surface area (TPSA) is 52.3 Å². The summed E-state index contributed by atoms with van der Waals surface area (Å²) >= 11 is 7.44. The molecular weight excluding hydrogens is 320 g/mol. The second-order valence-corrected chi connectivity index (χ2v) is 6.31. The molecule has 0 amide bonds.